The van der Waals surface area contributed by atoms with E-state index in [1.807, 2.05) is 0 Å². The second-order valence-corrected chi connectivity index (χ2v) is 6.06. The van der Waals surface area contributed by atoms with Crippen LogP contribution < -0.4 is 14.2 Å². The number of aromatic nitrogens is 1. The molecule has 0 aliphatic rings. The third-order valence-corrected chi connectivity index (χ3v) is 4.36. The second-order valence-electron chi connectivity index (χ2n) is 5.63. The fourth-order valence-corrected chi connectivity index (χ4v) is 3.01. The van der Waals surface area contributed by atoms with E-state index in [9.17, 15) is 4.79 Å². The molecular weight excluding hydrogens is 370 g/mol. The monoisotopic (exact) mass is 387 g/mol. The molecule has 0 radical (unpaired) electrons. The fourth-order valence-electron chi connectivity index (χ4n) is 2.84. The number of rotatable bonds is 5. The van der Waals surface area contributed by atoms with Crippen molar-refractivity contribution in [2.45, 2.75) is 0 Å². The zero-order chi connectivity index (χ0) is 19.6. The molecule has 140 valence electrons. The molecule has 0 atom stereocenters. The Morgan fingerprint density at radius 2 is 1.59 bits per heavy atom. The van der Waals surface area contributed by atoms with E-state index in [0.29, 0.717) is 44.6 Å². The van der Waals surface area contributed by atoms with E-state index in [-0.39, 0.29) is 0 Å². The van der Waals surface area contributed by atoms with Crippen molar-refractivity contribution in [3.05, 3.63) is 47.0 Å². The Morgan fingerprint density at radius 1 is 0.926 bits per heavy atom. The van der Waals surface area contributed by atoms with Crippen LogP contribution in [0.1, 0.15) is 10.4 Å². The molecule has 0 aliphatic carbocycles. The number of benzene rings is 2. The summed E-state index contributed by atoms with van der Waals surface area (Å²) in [7, 11) is 5.90. The molecule has 2 aromatic carbocycles. The lowest BCUT2D eigenvalue weighted by atomic mass is 10.0. The van der Waals surface area contributed by atoms with E-state index in [2.05, 4.69) is 4.98 Å². The Kier molecular flexibility index (Phi) is 5.37. The quantitative estimate of drug-likeness (QED) is 0.606. The Hall–Kier alpha value is -2.99. The molecule has 0 saturated heterocycles. The Morgan fingerprint density at radius 3 is 2.15 bits per heavy atom. The molecule has 0 N–H and O–H groups in total. The molecule has 0 saturated carbocycles. The summed E-state index contributed by atoms with van der Waals surface area (Å²) >= 11 is 6.09. The van der Waals surface area contributed by atoms with Crippen molar-refractivity contribution in [2.24, 2.45) is 0 Å². The van der Waals surface area contributed by atoms with E-state index in [1.54, 1.807) is 36.4 Å². The van der Waals surface area contributed by atoms with Crippen molar-refractivity contribution >= 4 is 28.5 Å². The van der Waals surface area contributed by atoms with Crippen LogP contribution in [0.2, 0.25) is 5.02 Å². The Balaban J connectivity index is 2.33. The first kappa shape index (κ1) is 18.8. The van der Waals surface area contributed by atoms with Crippen LogP contribution in [0.15, 0.2) is 36.4 Å². The number of halogens is 1. The van der Waals surface area contributed by atoms with Crippen molar-refractivity contribution in [2.75, 3.05) is 28.4 Å². The summed E-state index contributed by atoms with van der Waals surface area (Å²) < 4.78 is 21.1. The fraction of sp³-hybridized carbons (Fsp3) is 0.200. The minimum absolute atomic E-state index is 0.321. The molecule has 3 rings (SSSR count). The van der Waals surface area contributed by atoms with Gasteiger partial charge in [0.15, 0.2) is 11.5 Å². The average Bonchev–Trinajstić information content (AvgIpc) is 2.70. The zero-order valence-electron chi connectivity index (χ0n) is 15.3. The minimum Gasteiger partial charge on any atom is -0.493 e. The lowest BCUT2D eigenvalue weighted by Gasteiger charge is -2.15. The molecule has 7 heteroatoms. The van der Waals surface area contributed by atoms with Gasteiger partial charge in [0.1, 0.15) is 0 Å². The van der Waals surface area contributed by atoms with E-state index in [4.69, 9.17) is 30.5 Å². The summed E-state index contributed by atoms with van der Waals surface area (Å²) in [4.78, 5) is 17.0. The van der Waals surface area contributed by atoms with Gasteiger partial charge < -0.3 is 18.9 Å². The molecule has 3 aromatic rings. The number of carbonyl (C=O) groups excluding carboxylic acids is 1. The predicted molar refractivity (Wildman–Crippen MR) is 103 cm³/mol. The molecule has 27 heavy (non-hydrogen) atoms. The number of hydrogen-bond acceptors (Lipinski definition) is 6. The topological polar surface area (TPSA) is 66.9 Å². The molecular formula is C20H18ClNO5. The van der Waals surface area contributed by atoms with Gasteiger partial charge in [-0.15, -0.1) is 0 Å². The van der Waals surface area contributed by atoms with E-state index in [0.717, 1.165) is 5.39 Å². The first-order chi connectivity index (χ1) is 13.0. The van der Waals surface area contributed by atoms with Crippen molar-refractivity contribution in [1.29, 1.82) is 0 Å². The molecule has 0 amide bonds. The van der Waals surface area contributed by atoms with Crippen LogP contribution in [-0.2, 0) is 4.74 Å². The molecule has 0 bridgehead atoms. The zero-order valence-corrected chi connectivity index (χ0v) is 16.1. The van der Waals surface area contributed by atoms with Crippen LogP contribution in [-0.4, -0.2) is 39.4 Å². The average molecular weight is 388 g/mol. The van der Waals surface area contributed by atoms with Gasteiger partial charge in [-0.3, -0.25) is 0 Å². The van der Waals surface area contributed by atoms with Gasteiger partial charge in [-0.25, -0.2) is 9.78 Å². The maximum Gasteiger partial charge on any atom is 0.340 e. The predicted octanol–water partition coefficient (Wildman–Crippen LogP) is 4.37. The summed E-state index contributed by atoms with van der Waals surface area (Å²) in [5, 5.41) is 1.33. The van der Waals surface area contributed by atoms with Crippen LogP contribution in [0.3, 0.4) is 0 Å². The second kappa shape index (κ2) is 7.72. The van der Waals surface area contributed by atoms with Gasteiger partial charge in [-0.2, -0.15) is 0 Å². The van der Waals surface area contributed by atoms with Gasteiger partial charge in [0, 0.05) is 16.0 Å². The first-order valence-corrected chi connectivity index (χ1v) is 8.39. The number of nitrogens with zero attached hydrogens (tertiary/aromatic N) is 1. The van der Waals surface area contributed by atoms with Crippen molar-refractivity contribution in [3.63, 3.8) is 0 Å². The SMILES string of the molecule is COC(=O)c1cc2ccc(Cl)cc2nc1-c1cc(OC)c(OC)c(OC)c1. The van der Waals surface area contributed by atoms with Crippen LogP contribution >= 0.6 is 11.6 Å². The lowest BCUT2D eigenvalue weighted by Crippen LogP contribution is -2.06. The van der Waals surface area contributed by atoms with Gasteiger partial charge in [-0.1, -0.05) is 17.7 Å². The Bertz CT molecular complexity index is 994. The highest BCUT2D eigenvalue weighted by atomic mass is 35.5. The molecule has 0 fully saturated rings. The molecule has 6 nitrogen and oxygen atoms in total. The van der Waals surface area contributed by atoms with E-state index >= 15 is 0 Å². The van der Waals surface area contributed by atoms with Gasteiger partial charge in [0.25, 0.3) is 0 Å². The molecule has 1 aromatic heterocycles. The van der Waals surface area contributed by atoms with Crippen molar-refractivity contribution in [3.8, 4) is 28.5 Å². The van der Waals surface area contributed by atoms with Gasteiger partial charge in [-0.05, 0) is 30.3 Å². The summed E-state index contributed by atoms with van der Waals surface area (Å²) in [6.45, 7) is 0. The lowest BCUT2D eigenvalue weighted by molar-refractivity contribution is 0.0601. The standard InChI is InChI=1S/C20H18ClNO5/c1-24-16-8-12(9-17(25-2)19(16)26-3)18-14(20(23)27-4)7-11-5-6-13(21)10-15(11)22-18/h5-10H,1-4H3. The normalized spacial score (nSPS) is 10.6. The minimum atomic E-state index is -0.497. The first-order valence-electron chi connectivity index (χ1n) is 8.01. The van der Waals surface area contributed by atoms with Crippen LogP contribution in [0.5, 0.6) is 17.2 Å². The van der Waals surface area contributed by atoms with Crippen LogP contribution in [0.4, 0.5) is 0 Å². The highest BCUT2D eigenvalue weighted by molar-refractivity contribution is 6.31. The molecule has 0 aliphatic heterocycles. The third-order valence-electron chi connectivity index (χ3n) is 4.12. The van der Waals surface area contributed by atoms with Crippen molar-refractivity contribution in [1.82, 2.24) is 4.98 Å². The number of methoxy groups -OCH3 is 4. The van der Waals surface area contributed by atoms with Crippen molar-refractivity contribution < 1.29 is 23.7 Å². The number of carbonyl (C=O) groups is 1. The van der Waals surface area contributed by atoms with Gasteiger partial charge >= 0.3 is 5.97 Å². The number of esters is 1. The highest BCUT2D eigenvalue weighted by Gasteiger charge is 2.21. The van der Waals surface area contributed by atoms with Crippen LogP contribution in [0, 0.1) is 0 Å². The highest BCUT2D eigenvalue weighted by Crippen LogP contribution is 2.42. The maximum absolute atomic E-state index is 12.4. The summed E-state index contributed by atoms with van der Waals surface area (Å²) in [5.74, 6) is 0.863. The number of hydrogen-bond donors (Lipinski definition) is 0. The maximum atomic E-state index is 12.4. The summed E-state index contributed by atoms with van der Waals surface area (Å²) in [6, 6.07) is 10.5. The van der Waals surface area contributed by atoms with Gasteiger partial charge in [0.2, 0.25) is 5.75 Å². The third kappa shape index (κ3) is 3.48. The number of fused-ring (bicyclic) bond motifs is 1. The molecule has 0 unspecified atom stereocenters. The number of ether oxygens (including phenoxy) is 4. The van der Waals surface area contributed by atoms with Crippen LogP contribution in [0.25, 0.3) is 22.2 Å². The largest absolute Gasteiger partial charge is 0.493 e. The summed E-state index contributed by atoms with van der Waals surface area (Å²) in [6.07, 6.45) is 0. The molecule has 0 spiro atoms. The molecule has 1 heterocycles. The van der Waals surface area contributed by atoms with E-state index < -0.39 is 5.97 Å². The summed E-state index contributed by atoms with van der Waals surface area (Å²) in [5.41, 5.74) is 2.02. The Labute approximate surface area is 161 Å². The smallest absolute Gasteiger partial charge is 0.340 e. The number of pyridine rings is 1. The van der Waals surface area contributed by atoms with Gasteiger partial charge in [0.05, 0.1) is 45.2 Å². The van der Waals surface area contributed by atoms with E-state index in [1.165, 1.54) is 28.4 Å².